The zero-order chi connectivity index (χ0) is 26.7. The monoisotopic (exact) mass is 527 g/mol. The summed E-state index contributed by atoms with van der Waals surface area (Å²) < 4.78 is 6.08. The highest BCUT2D eigenvalue weighted by Crippen LogP contribution is 2.63. The van der Waals surface area contributed by atoms with Gasteiger partial charge in [0.05, 0.1) is 18.2 Å². The molecule has 1 N–H and O–H groups in total. The molecule has 1 aliphatic heterocycles. The van der Waals surface area contributed by atoms with E-state index in [2.05, 4.69) is 83.8 Å². The molecule has 208 valence electrons. The van der Waals surface area contributed by atoms with Gasteiger partial charge in [-0.15, -0.1) is 0 Å². The molecule has 0 bridgehead atoms. The van der Waals surface area contributed by atoms with Gasteiger partial charge in [0.15, 0.2) is 0 Å². The van der Waals surface area contributed by atoms with E-state index in [1.165, 1.54) is 44.1 Å². The van der Waals surface area contributed by atoms with Crippen LogP contribution in [0.15, 0.2) is 54.6 Å². The van der Waals surface area contributed by atoms with Gasteiger partial charge in [0.1, 0.15) is 11.6 Å². The topological polar surface area (TPSA) is 53.5 Å². The Morgan fingerprint density at radius 3 is 2.62 bits per heavy atom. The van der Waals surface area contributed by atoms with Crippen LogP contribution in [-0.4, -0.2) is 67.9 Å². The van der Waals surface area contributed by atoms with Crippen LogP contribution < -0.4 is 10.2 Å². The number of ether oxygens (including phenoxy) is 1. The molecule has 2 atom stereocenters. The molecule has 2 aromatic carbocycles. The Balaban J connectivity index is 0.916. The third-order valence-corrected chi connectivity index (χ3v) is 9.51. The van der Waals surface area contributed by atoms with Crippen LogP contribution in [0.4, 0.5) is 5.82 Å². The van der Waals surface area contributed by atoms with Gasteiger partial charge in [0.2, 0.25) is 0 Å². The number of nitrogens with zero attached hydrogens (tertiary/aromatic N) is 4. The third kappa shape index (κ3) is 6.45. The van der Waals surface area contributed by atoms with Crippen molar-refractivity contribution in [2.45, 2.75) is 57.6 Å². The molecule has 0 radical (unpaired) electrons. The fourth-order valence-electron chi connectivity index (χ4n) is 7.11. The van der Waals surface area contributed by atoms with E-state index < -0.39 is 0 Å². The quantitative estimate of drug-likeness (QED) is 0.385. The van der Waals surface area contributed by atoms with E-state index >= 15 is 0 Å². The fourth-order valence-corrected chi connectivity index (χ4v) is 7.11. The number of nitrogens with one attached hydrogen (secondary N) is 1. The fraction of sp³-hybridized carbons (Fsp3) is 0.576. The van der Waals surface area contributed by atoms with E-state index in [1.54, 1.807) is 0 Å². The van der Waals surface area contributed by atoms with Gasteiger partial charge >= 0.3 is 0 Å². The summed E-state index contributed by atoms with van der Waals surface area (Å²) in [4.78, 5) is 14.5. The first-order valence-corrected chi connectivity index (χ1v) is 15.1. The second-order valence-electron chi connectivity index (χ2n) is 12.5. The lowest BCUT2D eigenvalue weighted by molar-refractivity contribution is -0.0303. The number of para-hydroxylation sites is 1. The van der Waals surface area contributed by atoms with Gasteiger partial charge in [-0.05, 0) is 80.0 Å². The Hall–Kier alpha value is -2.54. The van der Waals surface area contributed by atoms with Crippen molar-refractivity contribution in [3.05, 3.63) is 66.0 Å². The van der Waals surface area contributed by atoms with Crippen LogP contribution in [0.3, 0.4) is 0 Å². The summed E-state index contributed by atoms with van der Waals surface area (Å²) in [6.45, 7) is 6.02. The van der Waals surface area contributed by atoms with Crippen molar-refractivity contribution >= 4 is 16.7 Å². The van der Waals surface area contributed by atoms with Gasteiger partial charge in [0.25, 0.3) is 0 Å². The molecule has 0 amide bonds. The highest BCUT2D eigenvalue weighted by Gasteiger charge is 2.53. The van der Waals surface area contributed by atoms with Crippen LogP contribution in [0.1, 0.15) is 49.9 Å². The van der Waals surface area contributed by atoms with Crippen LogP contribution in [0.2, 0.25) is 0 Å². The Bertz CT molecular complexity index is 1220. The maximum atomic E-state index is 6.08. The predicted octanol–water partition coefficient (Wildman–Crippen LogP) is 5.32. The van der Waals surface area contributed by atoms with E-state index in [4.69, 9.17) is 14.7 Å². The van der Waals surface area contributed by atoms with Crippen LogP contribution in [-0.2, 0) is 17.7 Å². The first-order valence-electron chi connectivity index (χ1n) is 15.1. The third-order valence-electron chi connectivity index (χ3n) is 9.51. The number of aromatic nitrogens is 2. The number of hydrogen-bond acceptors (Lipinski definition) is 6. The second kappa shape index (κ2) is 11.9. The van der Waals surface area contributed by atoms with Gasteiger partial charge in [-0.2, -0.15) is 0 Å². The molecule has 3 fully saturated rings. The molecule has 1 saturated heterocycles. The van der Waals surface area contributed by atoms with Crippen LogP contribution in [0.5, 0.6) is 0 Å². The first kappa shape index (κ1) is 26.7. The molecule has 2 aliphatic carbocycles. The highest BCUT2D eigenvalue weighted by atomic mass is 16.5. The number of fused-ring (bicyclic) bond motifs is 1. The maximum absolute atomic E-state index is 6.08. The predicted molar refractivity (Wildman–Crippen MR) is 159 cm³/mol. The number of aryl methyl sites for hydroxylation is 1. The summed E-state index contributed by atoms with van der Waals surface area (Å²) >= 11 is 0. The summed E-state index contributed by atoms with van der Waals surface area (Å²) in [5, 5.41) is 4.91. The van der Waals surface area contributed by atoms with Crippen molar-refractivity contribution in [3.8, 4) is 0 Å². The van der Waals surface area contributed by atoms with Crippen LogP contribution >= 0.6 is 0 Å². The largest absolute Gasteiger partial charge is 0.374 e. The molecule has 6 nitrogen and oxygen atoms in total. The molecule has 1 spiro atoms. The summed E-state index contributed by atoms with van der Waals surface area (Å²) in [7, 11) is 4.15. The standard InChI is InChI=1S/C33H45N5O/c1-37(2)32-29-10-6-7-11-30(29)35-31(36-32)13-12-27-20-33(27)16-14-25(15-17-33)21-34-22-28-24-38(18-19-39-28)23-26-8-4-3-5-9-26/h3-11,25,27-28,34H,12-24H2,1-2H3/t25?,27-,28?,33?/m0/s1. The summed E-state index contributed by atoms with van der Waals surface area (Å²) in [6, 6.07) is 19.2. The second-order valence-corrected chi connectivity index (χ2v) is 12.5. The van der Waals surface area contributed by atoms with Crippen molar-refractivity contribution in [1.29, 1.82) is 0 Å². The van der Waals surface area contributed by atoms with Gasteiger partial charge < -0.3 is 15.0 Å². The number of benzene rings is 2. The molecular weight excluding hydrogens is 482 g/mol. The van der Waals surface area contributed by atoms with Crippen molar-refractivity contribution in [3.63, 3.8) is 0 Å². The SMILES string of the molecule is CN(C)c1nc(CC[C@H]2CC23CCC(CNCC2CN(Cc4ccccc4)CCO2)CC3)nc2ccccc12. The number of rotatable bonds is 10. The average molecular weight is 528 g/mol. The minimum absolute atomic E-state index is 0.301. The minimum Gasteiger partial charge on any atom is -0.374 e. The van der Waals surface area contributed by atoms with Crippen LogP contribution in [0, 0.1) is 17.3 Å². The Labute approximate surface area is 234 Å². The van der Waals surface area contributed by atoms with Crippen molar-refractivity contribution in [2.75, 3.05) is 51.8 Å². The smallest absolute Gasteiger partial charge is 0.139 e. The van der Waals surface area contributed by atoms with Crippen LogP contribution in [0.25, 0.3) is 10.9 Å². The number of anilines is 1. The highest BCUT2D eigenvalue weighted by molar-refractivity contribution is 5.89. The van der Waals surface area contributed by atoms with Crippen molar-refractivity contribution in [2.24, 2.45) is 17.3 Å². The molecular formula is C33H45N5O. The maximum Gasteiger partial charge on any atom is 0.139 e. The van der Waals surface area contributed by atoms with E-state index in [-0.39, 0.29) is 0 Å². The molecule has 1 aromatic heterocycles. The molecule has 1 unspecified atom stereocenters. The van der Waals surface area contributed by atoms with Gasteiger partial charge in [-0.3, -0.25) is 4.90 Å². The number of hydrogen-bond donors (Lipinski definition) is 1. The Morgan fingerprint density at radius 1 is 1.00 bits per heavy atom. The zero-order valence-electron chi connectivity index (χ0n) is 23.8. The van der Waals surface area contributed by atoms with Gasteiger partial charge in [-0.25, -0.2) is 9.97 Å². The minimum atomic E-state index is 0.301. The molecule has 39 heavy (non-hydrogen) atoms. The lowest BCUT2D eigenvalue weighted by atomic mass is 9.78. The summed E-state index contributed by atoms with van der Waals surface area (Å²) in [6.07, 6.45) is 9.47. The first-order chi connectivity index (χ1) is 19.1. The molecule has 6 heteroatoms. The van der Waals surface area contributed by atoms with Crippen molar-refractivity contribution < 1.29 is 4.74 Å². The average Bonchev–Trinajstić information content (AvgIpc) is 3.64. The zero-order valence-corrected chi connectivity index (χ0v) is 23.8. The number of morpholine rings is 1. The Morgan fingerprint density at radius 2 is 1.79 bits per heavy atom. The van der Waals surface area contributed by atoms with E-state index in [1.807, 2.05) is 0 Å². The molecule has 2 heterocycles. The molecule has 3 aromatic rings. The van der Waals surface area contributed by atoms with Crippen molar-refractivity contribution in [1.82, 2.24) is 20.2 Å². The normalized spacial score (nSPS) is 27.2. The lowest BCUT2D eigenvalue weighted by Gasteiger charge is -2.34. The van der Waals surface area contributed by atoms with Gasteiger partial charge in [0, 0.05) is 52.1 Å². The van der Waals surface area contributed by atoms with E-state index in [0.29, 0.717) is 11.5 Å². The van der Waals surface area contributed by atoms with E-state index in [0.717, 1.165) is 80.1 Å². The molecule has 3 aliphatic rings. The Kier molecular flexibility index (Phi) is 8.14. The van der Waals surface area contributed by atoms with Gasteiger partial charge in [-0.1, -0.05) is 42.5 Å². The summed E-state index contributed by atoms with van der Waals surface area (Å²) in [5.74, 6) is 3.71. The lowest BCUT2D eigenvalue weighted by Crippen LogP contribution is -2.46. The van der Waals surface area contributed by atoms with E-state index in [9.17, 15) is 0 Å². The molecule has 6 rings (SSSR count). The molecule has 2 saturated carbocycles. The summed E-state index contributed by atoms with van der Waals surface area (Å²) in [5.41, 5.74) is 3.07.